The van der Waals surface area contributed by atoms with E-state index >= 15 is 0 Å². The van der Waals surface area contributed by atoms with E-state index in [0.717, 1.165) is 33.7 Å². The minimum absolute atomic E-state index is 0.779. The van der Waals surface area contributed by atoms with Gasteiger partial charge in [0.1, 0.15) is 5.82 Å². The van der Waals surface area contributed by atoms with Gasteiger partial charge in [0.15, 0.2) is 0 Å². The number of benzene rings is 1. The van der Waals surface area contributed by atoms with E-state index in [1.54, 1.807) is 12.4 Å². The minimum atomic E-state index is 0.779. The van der Waals surface area contributed by atoms with E-state index in [4.69, 9.17) is 5.73 Å². The summed E-state index contributed by atoms with van der Waals surface area (Å²) in [5, 5.41) is 0. The Balaban J connectivity index is 2.17. The van der Waals surface area contributed by atoms with Crippen LogP contribution in [0.5, 0.6) is 0 Å². The molecule has 3 aromatic rings. The molecule has 0 atom stereocenters. The van der Waals surface area contributed by atoms with E-state index in [1.165, 1.54) is 0 Å². The molecule has 0 aliphatic heterocycles. The number of rotatable bonds is 1. The molecule has 4 nitrogen and oxygen atoms in total. The number of nitrogens with one attached hydrogen (secondary N) is 1. The van der Waals surface area contributed by atoms with E-state index < -0.39 is 0 Å². The summed E-state index contributed by atoms with van der Waals surface area (Å²) in [4.78, 5) is 11.8. The van der Waals surface area contributed by atoms with Crippen molar-refractivity contribution < 1.29 is 0 Å². The van der Waals surface area contributed by atoms with E-state index in [9.17, 15) is 0 Å². The number of nitrogens with two attached hydrogens (primary N) is 1. The summed E-state index contributed by atoms with van der Waals surface area (Å²) >= 11 is 0. The zero-order chi connectivity index (χ0) is 11.8. The molecule has 3 rings (SSSR count). The van der Waals surface area contributed by atoms with Crippen molar-refractivity contribution in [3.63, 3.8) is 0 Å². The van der Waals surface area contributed by atoms with Crippen molar-refractivity contribution in [2.45, 2.75) is 6.92 Å². The summed E-state index contributed by atoms with van der Waals surface area (Å²) in [6.45, 7) is 1.99. The van der Waals surface area contributed by atoms with Gasteiger partial charge in [0, 0.05) is 17.4 Å². The number of nitrogens with zero attached hydrogens (tertiary/aromatic N) is 2. The molecule has 2 heterocycles. The average Bonchev–Trinajstić information content (AvgIpc) is 2.76. The Morgan fingerprint density at radius 2 is 2.12 bits per heavy atom. The second kappa shape index (κ2) is 3.59. The molecule has 17 heavy (non-hydrogen) atoms. The first-order valence-electron chi connectivity index (χ1n) is 5.40. The van der Waals surface area contributed by atoms with E-state index in [0.29, 0.717) is 0 Å². The third-order valence-electron chi connectivity index (χ3n) is 2.84. The van der Waals surface area contributed by atoms with Crippen LogP contribution in [0.1, 0.15) is 5.56 Å². The van der Waals surface area contributed by atoms with Crippen molar-refractivity contribution in [3.8, 4) is 11.4 Å². The second-order valence-corrected chi connectivity index (χ2v) is 4.05. The number of nitrogen functional groups attached to an aromatic ring is 1. The molecule has 1 aromatic carbocycles. The van der Waals surface area contributed by atoms with Crippen molar-refractivity contribution >= 4 is 16.7 Å². The maximum absolute atomic E-state index is 5.90. The Labute approximate surface area is 98.5 Å². The summed E-state index contributed by atoms with van der Waals surface area (Å²) < 4.78 is 0. The number of H-pyrrole nitrogens is 1. The topological polar surface area (TPSA) is 67.6 Å². The monoisotopic (exact) mass is 224 g/mol. The molecule has 0 fully saturated rings. The first-order chi connectivity index (χ1) is 8.24. The molecular weight excluding hydrogens is 212 g/mol. The number of imidazole rings is 1. The highest BCUT2D eigenvalue weighted by Gasteiger charge is 2.05. The van der Waals surface area contributed by atoms with Gasteiger partial charge >= 0.3 is 0 Å². The van der Waals surface area contributed by atoms with E-state index in [2.05, 4.69) is 15.0 Å². The normalized spacial score (nSPS) is 10.9. The number of fused-ring (bicyclic) bond motifs is 1. The number of aryl methyl sites for hydroxylation is 1. The van der Waals surface area contributed by atoms with Gasteiger partial charge in [-0.15, -0.1) is 0 Å². The number of hydrogen-bond acceptors (Lipinski definition) is 3. The molecule has 0 radical (unpaired) electrons. The smallest absolute Gasteiger partial charge is 0.138 e. The molecule has 4 heteroatoms. The second-order valence-electron chi connectivity index (χ2n) is 4.05. The van der Waals surface area contributed by atoms with Crippen molar-refractivity contribution in [2.75, 3.05) is 5.73 Å². The zero-order valence-electron chi connectivity index (χ0n) is 9.44. The van der Waals surface area contributed by atoms with Crippen molar-refractivity contribution in [2.24, 2.45) is 0 Å². The summed E-state index contributed by atoms with van der Waals surface area (Å²) in [5.41, 5.74) is 10.6. The maximum atomic E-state index is 5.90. The van der Waals surface area contributed by atoms with Gasteiger partial charge in [0.25, 0.3) is 0 Å². The van der Waals surface area contributed by atoms with E-state index in [1.807, 2.05) is 31.2 Å². The molecule has 0 aliphatic carbocycles. The van der Waals surface area contributed by atoms with Gasteiger partial charge in [-0.2, -0.15) is 0 Å². The first kappa shape index (κ1) is 9.84. The Morgan fingerprint density at radius 1 is 1.24 bits per heavy atom. The van der Waals surface area contributed by atoms with Gasteiger partial charge in [-0.25, -0.2) is 4.98 Å². The van der Waals surface area contributed by atoms with Gasteiger partial charge < -0.3 is 10.7 Å². The molecule has 0 spiro atoms. The fraction of sp³-hybridized carbons (Fsp3) is 0.0769. The van der Waals surface area contributed by atoms with Crippen molar-refractivity contribution in [1.82, 2.24) is 15.0 Å². The first-order valence-corrected chi connectivity index (χ1v) is 5.40. The summed E-state index contributed by atoms with van der Waals surface area (Å²) in [6.07, 6.45) is 3.50. The van der Waals surface area contributed by atoms with Gasteiger partial charge in [-0.1, -0.05) is 12.1 Å². The van der Waals surface area contributed by atoms with Crippen LogP contribution >= 0.6 is 0 Å². The Bertz CT molecular complexity index is 652. The summed E-state index contributed by atoms with van der Waals surface area (Å²) in [6, 6.07) is 7.82. The fourth-order valence-electron chi connectivity index (χ4n) is 1.78. The molecular formula is C13H12N4. The maximum Gasteiger partial charge on any atom is 0.138 e. The standard InChI is InChI=1S/C13H12N4/c1-8-2-3-9(6-10(8)14)13-16-11-4-5-15-7-12(11)17-13/h2-7H,14H2,1H3,(H,16,17). The van der Waals surface area contributed by atoms with Gasteiger partial charge in [-0.3, -0.25) is 4.98 Å². The molecule has 0 amide bonds. The lowest BCUT2D eigenvalue weighted by molar-refractivity contribution is 1.32. The average molecular weight is 224 g/mol. The zero-order valence-corrected chi connectivity index (χ0v) is 9.44. The lowest BCUT2D eigenvalue weighted by atomic mass is 10.1. The number of pyridine rings is 1. The largest absolute Gasteiger partial charge is 0.398 e. The number of hydrogen-bond donors (Lipinski definition) is 2. The van der Waals surface area contributed by atoms with Crippen LogP contribution in [0, 0.1) is 6.92 Å². The molecule has 2 aromatic heterocycles. The van der Waals surface area contributed by atoms with Crippen LogP contribution in [0.4, 0.5) is 5.69 Å². The predicted octanol–water partition coefficient (Wildman–Crippen LogP) is 2.52. The van der Waals surface area contributed by atoms with Crippen LogP contribution < -0.4 is 5.73 Å². The lowest BCUT2D eigenvalue weighted by Crippen LogP contribution is -1.90. The molecule has 0 unspecified atom stereocenters. The molecule has 0 aliphatic rings. The fourth-order valence-corrected chi connectivity index (χ4v) is 1.78. The van der Waals surface area contributed by atoms with Crippen LogP contribution in [0.3, 0.4) is 0 Å². The van der Waals surface area contributed by atoms with Gasteiger partial charge in [0.2, 0.25) is 0 Å². The quantitative estimate of drug-likeness (QED) is 0.624. The molecule has 0 saturated carbocycles. The number of anilines is 1. The number of aromatic amines is 1. The number of aromatic nitrogens is 3. The van der Waals surface area contributed by atoms with Gasteiger partial charge in [0.05, 0.1) is 17.2 Å². The Kier molecular flexibility index (Phi) is 2.08. The molecule has 84 valence electrons. The SMILES string of the molecule is Cc1ccc(-c2nc3ccncc3[nH]2)cc1N. The highest BCUT2D eigenvalue weighted by molar-refractivity contribution is 5.79. The van der Waals surface area contributed by atoms with Crippen molar-refractivity contribution in [3.05, 3.63) is 42.2 Å². The Morgan fingerprint density at radius 3 is 2.88 bits per heavy atom. The molecule has 0 saturated heterocycles. The third kappa shape index (κ3) is 1.63. The highest BCUT2D eigenvalue weighted by Crippen LogP contribution is 2.23. The lowest BCUT2D eigenvalue weighted by Gasteiger charge is -2.01. The summed E-state index contributed by atoms with van der Waals surface area (Å²) in [7, 11) is 0. The van der Waals surface area contributed by atoms with E-state index in [-0.39, 0.29) is 0 Å². The van der Waals surface area contributed by atoms with Crippen molar-refractivity contribution in [1.29, 1.82) is 0 Å². The van der Waals surface area contributed by atoms with Crippen LogP contribution in [0.15, 0.2) is 36.7 Å². The molecule has 0 bridgehead atoms. The Hall–Kier alpha value is -2.36. The highest BCUT2D eigenvalue weighted by atomic mass is 14.9. The van der Waals surface area contributed by atoms with Crippen LogP contribution in [-0.4, -0.2) is 15.0 Å². The van der Waals surface area contributed by atoms with Gasteiger partial charge in [-0.05, 0) is 24.6 Å². The van der Waals surface area contributed by atoms with Crippen LogP contribution in [-0.2, 0) is 0 Å². The van der Waals surface area contributed by atoms with Crippen LogP contribution in [0.25, 0.3) is 22.4 Å². The predicted molar refractivity (Wildman–Crippen MR) is 68.5 cm³/mol. The van der Waals surface area contributed by atoms with Crippen LogP contribution in [0.2, 0.25) is 0 Å². The molecule has 3 N–H and O–H groups in total. The summed E-state index contributed by atoms with van der Waals surface area (Å²) in [5.74, 6) is 0.819. The minimum Gasteiger partial charge on any atom is -0.398 e. The third-order valence-corrected chi connectivity index (χ3v) is 2.84.